The van der Waals surface area contributed by atoms with Crippen molar-refractivity contribution in [2.24, 2.45) is 10.7 Å². The van der Waals surface area contributed by atoms with E-state index in [0.29, 0.717) is 29.6 Å². The molecular formula is C18H22ClIN4O. The van der Waals surface area contributed by atoms with Crippen molar-refractivity contribution in [3.63, 3.8) is 0 Å². The first-order valence-electron chi connectivity index (χ1n) is 7.64. The van der Waals surface area contributed by atoms with Crippen molar-refractivity contribution < 1.29 is 4.79 Å². The number of aliphatic imine (C=N–C) groups is 1. The lowest BCUT2D eigenvalue weighted by Crippen LogP contribution is -2.28. The summed E-state index contributed by atoms with van der Waals surface area (Å²) in [4.78, 5) is 16.2. The first-order chi connectivity index (χ1) is 11.5. The fourth-order valence-corrected chi connectivity index (χ4v) is 2.31. The second-order valence-corrected chi connectivity index (χ2v) is 5.83. The number of carbonyl (C=O) groups excluding carboxylic acids is 1. The zero-order valence-electron chi connectivity index (χ0n) is 14.2. The van der Waals surface area contributed by atoms with Crippen molar-refractivity contribution in [1.82, 2.24) is 5.32 Å². The number of benzene rings is 2. The predicted molar refractivity (Wildman–Crippen MR) is 115 cm³/mol. The number of nitrogens with one attached hydrogen (secondary N) is 2. The van der Waals surface area contributed by atoms with Gasteiger partial charge in [0.1, 0.15) is 0 Å². The van der Waals surface area contributed by atoms with Crippen molar-refractivity contribution in [3.8, 4) is 0 Å². The minimum Gasteiger partial charge on any atom is -0.370 e. The van der Waals surface area contributed by atoms with Crippen LogP contribution in [0.3, 0.4) is 0 Å². The molecular weight excluding hydrogens is 451 g/mol. The molecule has 0 aliphatic heterocycles. The van der Waals surface area contributed by atoms with Crippen molar-refractivity contribution in [1.29, 1.82) is 0 Å². The Hall–Kier alpha value is -1.80. The van der Waals surface area contributed by atoms with Crippen LogP contribution in [0, 0.1) is 13.8 Å². The van der Waals surface area contributed by atoms with Crippen LogP contribution < -0.4 is 16.4 Å². The van der Waals surface area contributed by atoms with E-state index < -0.39 is 0 Å². The van der Waals surface area contributed by atoms with E-state index in [1.807, 2.05) is 25.1 Å². The van der Waals surface area contributed by atoms with Crippen LogP contribution in [0.2, 0.25) is 5.02 Å². The summed E-state index contributed by atoms with van der Waals surface area (Å²) >= 11 is 5.98. The molecule has 0 aromatic heterocycles. The van der Waals surface area contributed by atoms with Crippen molar-refractivity contribution in [2.45, 2.75) is 13.8 Å². The van der Waals surface area contributed by atoms with Gasteiger partial charge in [0, 0.05) is 12.2 Å². The van der Waals surface area contributed by atoms with E-state index in [0.717, 1.165) is 5.69 Å². The molecule has 0 bridgehead atoms. The summed E-state index contributed by atoms with van der Waals surface area (Å²) in [7, 11) is 0. The maximum Gasteiger partial charge on any atom is 0.252 e. The second-order valence-electron chi connectivity index (χ2n) is 5.43. The lowest BCUT2D eigenvalue weighted by molar-refractivity contribution is 0.0955. The molecule has 2 aromatic carbocycles. The standard InChI is InChI=1S/C18H21ClN4O.HI/c1-12-7-8-14(11-13(12)2)23-18(20)22-10-9-21-17(24)15-5-3-4-6-16(15)19;/h3-8,11H,9-10H2,1-2H3,(H,21,24)(H3,20,22,23);1H. The van der Waals surface area contributed by atoms with E-state index in [2.05, 4.69) is 22.5 Å². The normalized spacial score (nSPS) is 10.8. The van der Waals surface area contributed by atoms with E-state index in [1.165, 1.54) is 11.1 Å². The van der Waals surface area contributed by atoms with E-state index in [4.69, 9.17) is 17.3 Å². The number of rotatable bonds is 5. The van der Waals surface area contributed by atoms with Crippen LogP contribution >= 0.6 is 35.6 Å². The number of hydrogen-bond acceptors (Lipinski definition) is 2. The molecule has 0 unspecified atom stereocenters. The Kier molecular flexibility index (Phi) is 8.71. The SMILES string of the molecule is Cc1ccc(NC(N)=NCCNC(=O)c2ccccc2Cl)cc1C.I. The number of guanidine groups is 1. The molecule has 2 aromatic rings. The average Bonchev–Trinajstić information content (AvgIpc) is 2.55. The minimum atomic E-state index is -0.225. The van der Waals surface area contributed by atoms with Gasteiger partial charge >= 0.3 is 0 Å². The molecule has 0 saturated heterocycles. The van der Waals surface area contributed by atoms with Crippen LogP contribution in [0.5, 0.6) is 0 Å². The largest absolute Gasteiger partial charge is 0.370 e. The average molecular weight is 473 g/mol. The number of amides is 1. The maximum absolute atomic E-state index is 12.0. The van der Waals surface area contributed by atoms with Crippen LogP contribution in [-0.2, 0) is 0 Å². The highest BCUT2D eigenvalue weighted by Crippen LogP contribution is 2.14. The van der Waals surface area contributed by atoms with E-state index >= 15 is 0 Å². The van der Waals surface area contributed by atoms with Crippen LogP contribution in [0.4, 0.5) is 5.69 Å². The molecule has 0 atom stereocenters. The predicted octanol–water partition coefficient (Wildman–Crippen LogP) is 3.73. The van der Waals surface area contributed by atoms with E-state index in [9.17, 15) is 4.79 Å². The topological polar surface area (TPSA) is 79.5 Å². The number of carbonyl (C=O) groups is 1. The molecule has 0 aliphatic rings. The van der Waals surface area contributed by atoms with E-state index in [1.54, 1.807) is 24.3 Å². The highest BCUT2D eigenvalue weighted by molar-refractivity contribution is 14.0. The Morgan fingerprint density at radius 3 is 2.56 bits per heavy atom. The molecule has 0 spiro atoms. The van der Waals surface area contributed by atoms with Crippen LogP contribution in [0.25, 0.3) is 0 Å². The van der Waals surface area contributed by atoms with Gasteiger partial charge in [-0.05, 0) is 49.2 Å². The molecule has 0 radical (unpaired) electrons. The second kappa shape index (κ2) is 10.2. The molecule has 1 amide bonds. The van der Waals surface area contributed by atoms with Crippen molar-refractivity contribution in [3.05, 3.63) is 64.2 Å². The summed E-state index contributed by atoms with van der Waals surface area (Å²) < 4.78 is 0. The molecule has 2 rings (SSSR count). The zero-order valence-corrected chi connectivity index (χ0v) is 17.3. The number of aryl methyl sites for hydroxylation is 2. The number of halogens is 2. The summed E-state index contributed by atoms with van der Waals surface area (Å²) in [5, 5.41) is 6.22. The van der Waals surface area contributed by atoms with Gasteiger partial charge in [-0.25, -0.2) is 0 Å². The Labute approximate surface area is 170 Å². The Morgan fingerprint density at radius 2 is 1.88 bits per heavy atom. The molecule has 0 saturated carbocycles. The van der Waals surface area contributed by atoms with Crippen LogP contribution in [-0.4, -0.2) is 25.0 Å². The summed E-state index contributed by atoms with van der Waals surface area (Å²) in [6.45, 7) is 4.84. The summed E-state index contributed by atoms with van der Waals surface area (Å²) in [6, 6.07) is 12.9. The molecule has 7 heteroatoms. The zero-order chi connectivity index (χ0) is 17.5. The lowest BCUT2D eigenvalue weighted by Gasteiger charge is -2.08. The number of nitrogens with two attached hydrogens (primary N) is 1. The minimum absolute atomic E-state index is 0. The van der Waals surface area contributed by atoms with Crippen molar-refractivity contribution in [2.75, 3.05) is 18.4 Å². The quantitative estimate of drug-likeness (QED) is 0.268. The van der Waals surface area contributed by atoms with Gasteiger partial charge in [-0.1, -0.05) is 29.8 Å². The number of nitrogens with zero attached hydrogens (tertiary/aromatic N) is 1. The fraction of sp³-hybridized carbons (Fsp3) is 0.222. The van der Waals surface area contributed by atoms with Gasteiger partial charge in [0.25, 0.3) is 5.91 Å². The molecule has 25 heavy (non-hydrogen) atoms. The highest BCUT2D eigenvalue weighted by atomic mass is 127. The molecule has 5 nitrogen and oxygen atoms in total. The Bertz CT molecular complexity index is 764. The first kappa shape index (κ1) is 21.2. The monoisotopic (exact) mass is 472 g/mol. The third-order valence-corrected chi connectivity index (χ3v) is 3.91. The molecule has 0 heterocycles. The van der Waals surface area contributed by atoms with Gasteiger partial charge in [-0.15, -0.1) is 24.0 Å². The summed E-state index contributed by atoms with van der Waals surface area (Å²) in [5.74, 6) is 0.0849. The fourth-order valence-electron chi connectivity index (χ4n) is 2.09. The molecule has 0 aliphatic carbocycles. The summed E-state index contributed by atoms with van der Waals surface area (Å²) in [5.41, 5.74) is 9.59. The van der Waals surface area contributed by atoms with E-state index in [-0.39, 0.29) is 29.9 Å². The maximum atomic E-state index is 12.0. The Balaban J connectivity index is 0.00000312. The van der Waals surface area contributed by atoms with Gasteiger partial charge in [-0.2, -0.15) is 0 Å². The summed E-state index contributed by atoms with van der Waals surface area (Å²) in [6.07, 6.45) is 0. The van der Waals surface area contributed by atoms with Crippen LogP contribution in [0.15, 0.2) is 47.5 Å². The van der Waals surface area contributed by atoms with Gasteiger partial charge in [0.2, 0.25) is 0 Å². The third-order valence-electron chi connectivity index (χ3n) is 3.58. The van der Waals surface area contributed by atoms with Crippen molar-refractivity contribution >= 4 is 53.1 Å². The van der Waals surface area contributed by atoms with Gasteiger partial charge in [-0.3, -0.25) is 9.79 Å². The smallest absolute Gasteiger partial charge is 0.252 e. The molecule has 134 valence electrons. The molecule has 4 N–H and O–H groups in total. The third kappa shape index (κ3) is 6.55. The molecule has 0 fully saturated rings. The Morgan fingerprint density at radius 1 is 1.16 bits per heavy atom. The lowest BCUT2D eigenvalue weighted by atomic mass is 10.1. The highest BCUT2D eigenvalue weighted by Gasteiger charge is 2.08. The number of hydrogen-bond donors (Lipinski definition) is 3. The number of anilines is 1. The van der Waals surface area contributed by atoms with Gasteiger partial charge in [0.05, 0.1) is 17.1 Å². The van der Waals surface area contributed by atoms with Gasteiger partial charge < -0.3 is 16.4 Å². The van der Waals surface area contributed by atoms with Crippen LogP contribution in [0.1, 0.15) is 21.5 Å². The first-order valence-corrected chi connectivity index (χ1v) is 8.02. The van der Waals surface area contributed by atoms with Gasteiger partial charge in [0.15, 0.2) is 5.96 Å².